The first-order valence-electron chi connectivity index (χ1n) is 9.98. The van der Waals surface area contributed by atoms with Crippen LogP contribution in [-0.4, -0.2) is 36.9 Å². The van der Waals surface area contributed by atoms with Gasteiger partial charge in [0.05, 0.1) is 18.4 Å². The van der Waals surface area contributed by atoms with Crippen molar-refractivity contribution in [1.82, 2.24) is 4.90 Å². The highest BCUT2D eigenvalue weighted by atomic mass is 16.5. The topological polar surface area (TPSA) is 58.6 Å². The fraction of sp³-hybridized carbons (Fsp3) is 0.391. The molecule has 0 bridgehead atoms. The van der Waals surface area contributed by atoms with Gasteiger partial charge < -0.3 is 15.0 Å². The molecule has 1 aliphatic heterocycles. The van der Waals surface area contributed by atoms with Gasteiger partial charge in [-0.1, -0.05) is 37.1 Å². The number of hydrogen-bond donors (Lipinski definition) is 1. The van der Waals surface area contributed by atoms with Crippen molar-refractivity contribution in [2.75, 3.05) is 25.5 Å². The lowest BCUT2D eigenvalue weighted by atomic mass is 10.1. The van der Waals surface area contributed by atoms with Crippen molar-refractivity contribution in [3.63, 3.8) is 0 Å². The minimum atomic E-state index is -0.0908. The Bertz CT molecular complexity index is 794. The molecule has 1 fully saturated rings. The van der Waals surface area contributed by atoms with Gasteiger partial charge in [-0.05, 0) is 49.1 Å². The van der Waals surface area contributed by atoms with Crippen molar-refractivity contribution < 1.29 is 14.3 Å². The zero-order chi connectivity index (χ0) is 19.8. The highest BCUT2D eigenvalue weighted by Gasteiger charge is 2.20. The van der Waals surface area contributed by atoms with Crippen molar-refractivity contribution in [2.45, 2.75) is 38.5 Å². The van der Waals surface area contributed by atoms with Crippen LogP contribution in [0.1, 0.15) is 48.0 Å². The Labute approximate surface area is 166 Å². The molecule has 0 aromatic heterocycles. The Morgan fingerprint density at radius 1 is 0.964 bits per heavy atom. The smallest absolute Gasteiger partial charge is 0.255 e. The summed E-state index contributed by atoms with van der Waals surface area (Å²) in [7, 11) is 1.63. The van der Waals surface area contributed by atoms with E-state index < -0.39 is 0 Å². The molecule has 0 saturated carbocycles. The molecule has 148 valence electrons. The van der Waals surface area contributed by atoms with Gasteiger partial charge in [0, 0.05) is 19.5 Å². The van der Waals surface area contributed by atoms with Crippen molar-refractivity contribution in [1.29, 1.82) is 0 Å². The second-order valence-corrected chi connectivity index (χ2v) is 7.15. The minimum absolute atomic E-state index is 0.00737. The zero-order valence-electron chi connectivity index (χ0n) is 16.4. The van der Waals surface area contributed by atoms with Gasteiger partial charge in [0.1, 0.15) is 5.75 Å². The van der Waals surface area contributed by atoms with E-state index in [1.54, 1.807) is 19.2 Å². The molecule has 1 saturated heterocycles. The molecule has 2 aromatic rings. The maximum atomic E-state index is 13.0. The summed E-state index contributed by atoms with van der Waals surface area (Å²) in [6.07, 6.45) is 5.43. The van der Waals surface area contributed by atoms with Crippen molar-refractivity contribution in [3.8, 4) is 5.75 Å². The van der Waals surface area contributed by atoms with E-state index in [1.807, 2.05) is 41.3 Å². The molecule has 2 amide bonds. The standard InChI is InChI=1S/C23H28N2O3/c1-28-19-13-10-18(11-14-19)12-15-22(26)24-21-9-5-4-8-20(21)23(27)25-16-6-2-3-7-17-25/h4-5,8-11,13-14H,2-3,6-7,12,15-17H2,1H3,(H,24,26). The summed E-state index contributed by atoms with van der Waals surface area (Å²) >= 11 is 0. The Balaban J connectivity index is 1.61. The monoisotopic (exact) mass is 380 g/mol. The van der Waals surface area contributed by atoms with Crippen LogP contribution in [0, 0.1) is 0 Å². The van der Waals surface area contributed by atoms with Crippen LogP contribution in [0.15, 0.2) is 48.5 Å². The van der Waals surface area contributed by atoms with Crippen molar-refractivity contribution in [2.24, 2.45) is 0 Å². The average Bonchev–Trinajstić information content (AvgIpc) is 3.02. The van der Waals surface area contributed by atoms with Crippen molar-refractivity contribution in [3.05, 3.63) is 59.7 Å². The van der Waals surface area contributed by atoms with E-state index >= 15 is 0 Å². The normalized spacial score (nSPS) is 14.2. The summed E-state index contributed by atoms with van der Waals surface area (Å²) in [6.45, 7) is 1.58. The van der Waals surface area contributed by atoms with Gasteiger partial charge >= 0.3 is 0 Å². The van der Waals surface area contributed by atoms with Crippen LogP contribution in [-0.2, 0) is 11.2 Å². The number of benzene rings is 2. The van der Waals surface area contributed by atoms with E-state index in [2.05, 4.69) is 5.32 Å². The third kappa shape index (κ3) is 5.35. The number of para-hydroxylation sites is 1. The largest absolute Gasteiger partial charge is 0.497 e. The number of anilines is 1. The predicted molar refractivity (Wildman–Crippen MR) is 111 cm³/mol. The van der Waals surface area contributed by atoms with Gasteiger partial charge in [0.25, 0.3) is 5.91 Å². The fourth-order valence-corrected chi connectivity index (χ4v) is 3.49. The first-order chi connectivity index (χ1) is 13.7. The van der Waals surface area contributed by atoms with E-state index in [9.17, 15) is 9.59 Å². The van der Waals surface area contributed by atoms with E-state index in [0.29, 0.717) is 24.1 Å². The van der Waals surface area contributed by atoms with E-state index in [4.69, 9.17) is 4.74 Å². The second-order valence-electron chi connectivity index (χ2n) is 7.15. The summed E-state index contributed by atoms with van der Waals surface area (Å²) in [4.78, 5) is 27.3. The Morgan fingerprint density at radius 2 is 1.64 bits per heavy atom. The highest BCUT2D eigenvalue weighted by Crippen LogP contribution is 2.20. The van der Waals surface area contributed by atoms with Crippen molar-refractivity contribution >= 4 is 17.5 Å². The number of hydrogen-bond acceptors (Lipinski definition) is 3. The highest BCUT2D eigenvalue weighted by molar-refractivity contribution is 6.03. The number of aryl methyl sites for hydroxylation is 1. The molecular weight excluding hydrogens is 352 g/mol. The van der Waals surface area contributed by atoms with Crippen LogP contribution in [0.2, 0.25) is 0 Å². The Morgan fingerprint density at radius 3 is 2.32 bits per heavy atom. The first kappa shape index (κ1) is 19.9. The van der Waals surface area contributed by atoms with Crippen LogP contribution >= 0.6 is 0 Å². The third-order valence-electron chi connectivity index (χ3n) is 5.12. The number of ether oxygens (including phenoxy) is 1. The third-order valence-corrected chi connectivity index (χ3v) is 5.12. The maximum Gasteiger partial charge on any atom is 0.255 e. The molecule has 0 spiro atoms. The maximum absolute atomic E-state index is 13.0. The Hall–Kier alpha value is -2.82. The van der Waals surface area contributed by atoms with E-state index in [1.165, 1.54) is 12.8 Å². The summed E-state index contributed by atoms with van der Waals surface area (Å²) in [5.41, 5.74) is 2.24. The molecular formula is C23H28N2O3. The van der Waals surface area contributed by atoms with Gasteiger partial charge in [-0.3, -0.25) is 9.59 Å². The van der Waals surface area contributed by atoms with Gasteiger partial charge in [0.2, 0.25) is 5.91 Å². The number of amides is 2. The second kappa shape index (κ2) is 9.93. The molecule has 0 atom stereocenters. The molecule has 3 rings (SSSR count). The molecule has 1 N–H and O–H groups in total. The average molecular weight is 380 g/mol. The number of carbonyl (C=O) groups excluding carboxylic acids is 2. The first-order valence-corrected chi connectivity index (χ1v) is 9.98. The number of likely N-dealkylation sites (tertiary alicyclic amines) is 1. The molecule has 1 aliphatic rings. The minimum Gasteiger partial charge on any atom is -0.497 e. The predicted octanol–water partition coefficient (Wildman–Crippen LogP) is 4.28. The summed E-state index contributed by atoms with van der Waals surface area (Å²) in [6, 6.07) is 15.0. The van der Waals surface area contributed by atoms with Crippen LogP contribution < -0.4 is 10.1 Å². The molecule has 2 aromatic carbocycles. The number of nitrogens with one attached hydrogen (secondary N) is 1. The SMILES string of the molecule is COc1ccc(CCC(=O)Nc2ccccc2C(=O)N2CCCCCC2)cc1. The lowest BCUT2D eigenvalue weighted by Crippen LogP contribution is -2.32. The van der Waals surface area contributed by atoms with Gasteiger partial charge in [-0.2, -0.15) is 0 Å². The molecule has 0 radical (unpaired) electrons. The van der Waals surface area contributed by atoms with Gasteiger partial charge in [-0.15, -0.1) is 0 Å². The molecule has 0 unspecified atom stereocenters. The summed E-state index contributed by atoms with van der Waals surface area (Å²) in [5.74, 6) is 0.717. The fourth-order valence-electron chi connectivity index (χ4n) is 3.49. The number of methoxy groups -OCH3 is 1. The van der Waals surface area contributed by atoms with Crippen LogP contribution in [0.4, 0.5) is 5.69 Å². The number of nitrogens with zero attached hydrogens (tertiary/aromatic N) is 1. The van der Waals surface area contributed by atoms with Gasteiger partial charge in [0.15, 0.2) is 0 Å². The van der Waals surface area contributed by atoms with Crippen LogP contribution in [0.5, 0.6) is 5.75 Å². The quantitative estimate of drug-likeness (QED) is 0.814. The molecule has 5 heteroatoms. The lowest BCUT2D eigenvalue weighted by Gasteiger charge is -2.22. The molecule has 28 heavy (non-hydrogen) atoms. The van der Waals surface area contributed by atoms with Crippen LogP contribution in [0.3, 0.4) is 0 Å². The Kier molecular flexibility index (Phi) is 7.06. The molecule has 1 heterocycles. The molecule has 5 nitrogen and oxygen atoms in total. The van der Waals surface area contributed by atoms with Gasteiger partial charge in [-0.25, -0.2) is 0 Å². The number of carbonyl (C=O) groups is 2. The van der Waals surface area contributed by atoms with E-state index in [0.717, 1.165) is 37.2 Å². The number of rotatable bonds is 6. The molecule has 0 aliphatic carbocycles. The summed E-state index contributed by atoms with van der Waals surface area (Å²) in [5, 5.41) is 2.93. The summed E-state index contributed by atoms with van der Waals surface area (Å²) < 4.78 is 5.15. The zero-order valence-corrected chi connectivity index (χ0v) is 16.4. The lowest BCUT2D eigenvalue weighted by molar-refractivity contribution is -0.116. The van der Waals surface area contributed by atoms with E-state index in [-0.39, 0.29) is 11.8 Å². The van der Waals surface area contributed by atoms with Crippen LogP contribution in [0.25, 0.3) is 0 Å².